The number of aliphatic hydroxyl groups is 2. The first kappa shape index (κ1) is 31.4. The Bertz CT molecular complexity index is 1220. The topological polar surface area (TPSA) is 118 Å². The van der Waals surface area contributed by atoms with Gasteiger partial charge in [0, 0.05) is 25.1 Å². The molecule has 1 aliphatic carbocycles. The average molecular weight is 665 g/mol. The number of ether oxygens (including phenoxy) is 3. The van der Waals surface area contributed by atoms with Crippen molar-refractivity contribution in [3.63, 3.8) is 0 Å². The first-order chi connectivity index (χ1) is 19.3. The first-order valence-corrected chi connectivity index (χ1v) is 14.3. The van der Waals surface area contributed by atoms with Crippen LogP contribution in [-0.4, -0.2) is 79.1 Å². The van der Waals surface area contributed by atoms with Gasteiger partial charge in [0.05, 0.1) is 30.4 Å². The Morgan fingerprint density at radius 1 is 1.15 bits per heavy atom. The molecule has 2 aromatic rings. The molecule has 0 spiro atoms. The molecule has 40 heavy (non-hydrogen) atoms. The first-order valence-electron chi connectivity index (χ1n) is 13.2. The molecule has 0 radical (unpaired) electrons. The summed E-state index contributed by atoms with van der Waals surface area (Å²) in [6, 6.07) is 12.1. The van der Waals surface area contributed by atoms with Crippen molar-refractivity contribution in [1.29, 1.82) is 0 Å². The number of benzene rings is 2. The standard InChI is InChI=1S/C30H37IN2O7/c1-4-5-10-28(35)33(15-13-20-17-22(38-2)11-12-25(20)39-3)24-18-21(30(37)32-14-16-34)19-27(29(24)36)40-26-9-7-6-8-23(26)31/h5-12,17,19,24,27,29,34,36H,4,13-16,18H2,1-3H3,(H,32,37)/t24-,27+,29+/m1/s1. The van der Waals surface area contributed by atoms with Crippen LogP contribution < -0.4 is 19.5 Å². The fraction of sp³-hybridized carbons (Fsp3) is 0.400. The number of nitrogens with zero attached hydrogens (tertiary/aromatic N) is 1. The Balaban J connectivity index is 1.97. The number of hydrogen-bond acceptors (Lipinski definition) is 7. The lowest BCUT2D eigenvalue weighted by Gasteiger charge is -2.40. The van der Waals surface area contributed by atoms with Crippen molar-refractivity contribution >= 4 is 34.4 Å². The number of carbonyl (C=O) groups is 2. The minimum atomic E-state index is -1.11. The van der Waals surface area contributed by atoms with Gasteiger partial charge in [0.25, 0.3) is 0 Å². The molecule has 10 heteroatoms. The summed E-state index contributed by atoms with van der Waals surface area (Å²) in [6.45, 7) is 2.06. The zero-order chi connectivity index (χ0) is 29.1. The summed E-state index contributed by atoms with van der Waals surface area (Å²) in [5.41, 5.74) is 1.21. The third-order valence-corrected chi connectivity index (χ3v) is 7.49. The van der Waals surface area contributed by atoms with Gasteiger partial charge in [0.1, 0.15) is 29.5 Å². The van der Waals surface area contributed by atoms with Crippen LogP contribution in [0, 0.1) is 3.57 Å². The number of halogens is 1. The Morgan fingerprint density at radius 2 is 1.93 bits per heavy atom. The van der Waals surface area contributed by atoms with E-state index in [2.05, 4.69) is 27.9 Å². The van der Waals surface area contributed by atoms with Crippen molar-refractivity contribution in [2.45, 2.75) is 44.4 Å². The summed E-state index contributed by atoms with van der Waals surface area (Å²) in [4.78, 5) is 28.1. The van der Waals surface area contributed by atoms with Gasteiger partial charge in [0.2, 0.25) is 11.8 Å². The van der Waals surface area contributed by atoms with Crippen LogP contribution in [0.1, 0.15) is 25.3 Å². The summed E-state index contributed by atoms with van der Waals surface area (Å²) in [6.07, 6.45) is 4.07. The Hall–Kier alpha value is -3.09. The van der Waals surface area contributed by atoms with E-state index in [4.69, 9.17) is 14.2 Å². The fourth-order valence-corrected chi connectivity index (χ4v) is 5.05. The lowest BCUT2D eigenvalue weighted by Crippen LogP contribution is -2.55. The number of methoxy groups -OCH3 is 2. The Labute approximate surface area is 248 Å². The van der Waals surface area contributed by atoms with E-state index in [0.29, 0.717) is 35.7 Å². The highest BCUT2D eigenvalue weighted by molar-refractivity contribution is 14.1. The van der Waals surface area contributed by atoms with Gasteiger partial charge in [-0.15, -0.1) is 0 Å². The molecule has 9 nitrogen and oxygen atoms in total. The van der Waals surface area contributed by atoms with Crippen molar-refractivity contribution in [2.24, 2.45) is 0 Å². The molecule has 0 fully saturated rings. The van der Waals surface area contributed by atoms with Crippen molar-refractivity contribution in [3.05, 3.63) is 75.4 Å². The molecule has 0 aromatic heterocycles. The van der Waals surface area contributed by atoms with Gasteiger partial charge < -0.3 is 34.6 Å². The summed E-state index contributed by atoms with van der Waals surface area (Å²) in [5, 5.41) is 23.5. The molecule has 2 aromatic carbocycles. The largest absolute Gasteiger partial charge is 0.497 e. The molecule has 0 heterocycles. The van der Waals surface area contributed by atoms with Gasteiger partial charge in [-0.1, -0.05) is 25.1 Å². The van der Waals surface area contributed by atoms with E-state index >= 15 is 0 Å². The molecule has 3 rings (SSSR count). The molecule has 1 aliphatic rings. The van der Waals surface area contributed by atoms with Crippen LogP contribution >= 0.6 is 22.6 Å². The minimum Gasteiger partial charge on any atom is -0.497 e. The summed E-state index contributed by atoms with van der Waals surface area (Å²) < 4.78 is 17.9. The van der Waals surface area contributed by atoms with Gasteiger partial charge in [-0.05, 0) is 83.5 Å². The molecular formula is C30H37IN2O7. The third-order valence-electron chi connectivity index (χ3n) is 6.60. The van der Waals surface area contributed by atoms with Crippen LogP contribution in [0.25, 0.3) is 0 Å². The Kier molecular flexibility index (Phi) is 12.3. The molecule has 0 unspecified atom stereocenters. The van der Waals surface area contributed by atoms with Crippen LogP contribution in [0.3, 0.4) is 0 Å². The number of aliphatic hydroxyl groups excluding tert-OH is 2. The van der Waals surface area contributed by atoms with Gasteiger partial charge >= 0.3 is 0 Å². The molecule has 0 saturated carbocycles. The van der Waals surface area contributed by atoms with Crippen LogP contribution in [0.2, 0.25) is 0 Å². The lowest BCUT2D eigenvalue weighted by molar-refractivity contribution is -0.133. The second kappa shape index (κ2) is 15.6. The van der Waals surface area contributed by atoms with E-state index in [0.717, 1.165) is 9.13 Å². The van der Waals surface area contributed by atoms with Gasteiger partial charge in [0.15, 0.2) is 0 Å². The number of rotatable bonds is 13. The van der Waals surface area contributed by atoms with E-state index in [1.165, 1.54) is 6.08 Å². The maximum Gasteiger partial charge on any atom is 0.247 e. The highest BCUT2D eigenvalue weighted by atomic mass is 127. The zero-order valence-corrected chi connectivity index (χ0v) is 25.2. The maximum atomic E-state index is 13.5. The predicted molar refractivity (Wildman–Crippen MR) is 161 cm³/mol. The number of allylic oxidation sites excluding steroid dienone is 1. The van der Waals surface area contributed by atoms with Crippen molar-refractivity contribution in [3.8, 4) is 17.2 Å². The smallest absolute Gasteiger partial charge is 0.247 e. The van der Waals surface area contributed by atoms with E-state index in [1.807, 2.05) is 37.3 Å². The van der Waals surface area contributed by atoms with Crippen molar-refractivity contribution in [1.82, 2.24) is 10.2 Å². The fourth-order valence-electron chi connectivity index (χ4n) is 4.54. The zero-order valence-electron chi connectivity index (χ0n) is 23.0. The van der Waals surface area contributed by atoms with Crippen molar-refractivity contribution < 1.29 is 34.0 Å². The molecular weight excluding hydrogens is 627 g/mol. The summed E-state index contributed by atoms with van der Waals surface area (Å²) in [7, 11) is 3.16. The summed E-state index contributed by atoms with van der Waals surface area (Å²) in [5.74, 6) is 1.22. The minimum absolute atomic E-state index is 0.0863. The molecule has 0 aliphatic heterocycles. The summed E-state index contributed by atoms with van der Waals surface area (Å²) >= 11 is 2.15. The number of hydrogen-bond donors (Lipinski definition) is 3. The van der Waals surface area contributed by atoms with Crippen LogP contribution in [-0.2, 0) is 16.0 Å². The Morgan fingerprint density at radius 3 is 2.60 bits per heavy atom. The highest BCUT2D eigenvalue weighted by Gasteiger charge is 2.40. The highest BCUT2D eigenvalue weighted by Crippen LogP contribution is 2.31. The second-order valence-corrected chi connectivity index (χ2v) is 10.4. The molecule has 216 valence electrons. The number of carbonyl (C=O) groups excluding carboxylic acids is 2. The molecule has 0 saturated heterocycles. The quantitative estimate of drug-likeness (QED) is 0.223. The van der Waals surface area contributed by atoms with Gasteiger partial charge in [-0.25, -0.2) is 0 Å². The maximum absolute atomic E-state index is 13.5. The average Bonchev–Trinajstić information content (AvgIpc) is 2.97. The van der Waals surface area contributed by atoms with Crippen molar-refractivity contribution in [2.75, 3.05) is 33.9 Å². The molecule has 0 bridgehead atoms. The normalized spacial score (nSPS) is 18.6. The third kappa shape index (κ3) is 8.21. The molecule has 2 amide bonds. The van der Waals surface area contributed by atoms with Crippen LogP contribution in [0.5, 0.6) is 17.2 Å². The van der Waals surface area contributed by atoms with E-state index in [-0.39, 0.29) is 37.9 Å². The van der Waals surface area contributed by atoms with Gasteiger partial charge in [-0.3, -0.25) is 9.59 Å². The van der Waals surface area contributed by atoms with Crippen LogP contribution in [0.4, 0.5) is 0 Å². The van der Waals surface area contributed by atoms with Crippen LogP contribution in [0.15, 0.2) is 66.3 Å². The SMILES string of the molecule is CCC=CC(=O)N(CCc1cc(OC)ccc1OC)[C@@H]1CC(C(=O)NCCO)=C[C@H](Oc2ccccc2I)[C@H]1O. The lowest BCUT2D eigenvalue weighted by atomic mass is 9.87. The van der Waals surface area contributed by atoms with E-state index in [9.17, 15) is 19.8 Å². The second-order valence-electron chi connectivity index (χ2n) is 9.22. The monoisotopic (exact) mass is 664 g/mol. The van der Waals surface area contributed by atoms with E-state index in [1.54, 1.807) is 43.4 Å². The predicted octanol–water partition coefficient (Wildman–Crippen LogP) is 3.26. The molecule has 3 atom stereocenters. The van der Waals surface area contributed by atoms with E-state index < -0.39 is 18.2 Å². The molecule has 3 N–H and O–H groups in total. The number of nitrogens with one attached hydrogen (secondary N) is 1. The number of para-hydroxylation sites is 1. The van der Waals surface area contributed by atoms with Gasteiger partial charge in [-0.2, -0.15) is 0 Å². The number of amides is 2.